The van der Waals surface area contributed by atoms with Crippen molar-refractivity contribution in [3.05, 3.63) is 40.9 Å². The molecule has 0 atom stereocenters. The third-order valence-electron chi connectivity index (χ3n) is 2.76. The van der Waals surface area contributed by atoms with Gasteiger partial charge >= 0.3 is 0 Å². The average molecular weight is 338 g/mol. The van der Waals surface area contributed by atoms with E-state index in [0.29, 0.717) is 31.8 Å². The Morgan fingerprint density at radius 1 is 1.24 bits per heavy atom. The summed E-state index contributed by atoms with van der Waals surface area (Å²) < 4.78 is 9.88. The molecular weight excluding hydrogens is 330 g/mol. The summed E-state index contributed by atoms with van der Waals surface area (Å²) in [7, 11) is 0. The van der Waals surface area contributed by atoms with Crippen molar-refractivity contribution in [2.24, 2.45) is 10.2 Å². The summed E-state index contributed by atoms with van der Waals surface area (Å²) in [5, 5.41) is 20.1. The maximum absolute atomic E-state index is 10.3. The highest BCUT2D eigenvalue weighted by molar-refractivity contribution is 7.94. The number of phenolic OH excluding ortho intramolecular Hbond substituents is 1. The Hall–Kier alpha value is -1.67. The van der Waals surface area contributed by atoms with Crippen LogP contribution in [-0.2, 0) is 0 Å². The van der Waals surface area contributed by atoms with Crippen LogP contribution in [0.1, 0.15) is 0 Å². The lowest BCUT2D eigenvalue weighted by Crippen LogP contribution is -1.79. The number of hydrogen-bond donors (Lipinski definition) is 2. The second-order valence-electron chi connectivity index (χ2n) is 4.03. The fourth-order valence-electron chi connectivity index (χ4n) is 1.84. The van der Waals surface area contributed by atoms with Gasteiger partial charge in [-0.15, -0.1) is 10.2 Å². The first-order valence-corrected chi connectivity index (χ1v) is 7.75. The van der Waals surface area contributed by atoms with E-state index in [1.54, 1.807) is 12.1 Å². The van der Waals surface area contributed by atoms with Crippen LogP contribution in [0.15, 0.2) is 51.7 Å². The molecule has 0 unspecified atom stereocenters. The quantitative estimate of drug-likeness (QED) is 0.479. The second-order valence-corrected chi connectivity index (χ2v) is 6.29. The fraction of sp³-hybridized carbons (Fsp3) is 0. The van der Waals surface area contributed by atoms with Gasteiger partial charge < -0.3 is 9.66 Å². The van der Waals surface area contributed by atoms with Gasteiger partial charge in [-0.2, -0.15) is 0 Å². The van der Waals surface area contributed by atoms with Crippen molar-refractivity contribution in [1.82, 2.24) is 4.98 Å². The molecule has 0 radical (unpaired) electrons. The molecule has 5 nitrogen and oxygen atoms in total. The number of phenols is 1. The standard InChI is InChI=1S/C13H8ClN3O2S2/c14-10-6-15-13(20-10)17-16-11-9(21-19)5-7-3-1-2-4-8(7)12(11)18/h1-6,18-19H. The van der Waals surface area contributed by atoms with Crippen molar-refractivity contribution in [2.75, 3.05) is 0 Å². The third kappa shape index (κ3) is 2.86. The van der Waals surface area contributed by atoms with E-state index in [1.807, 2.05) is 18.2 Å². The van der Waals surface area contributed by atoms with Gasteiger partial charge in [0.2, 0.25) is 5.13 Å². The molecule has 1 heterocycles. The van der Waals surface area contributed by atoms with Crippen LogP contribution in [0.25, 0.3) is 10.8 Å². The van der Waals surface area contributed by atoms with Crippen LogP contribution >= 0.6 is 35.0 Å². The summed E-state index contributed by atoms with van der Waals surface area (Å²) in [6.07, 6.45) is 1.47. The third-order valence-corrected chi connectivity index (χ3v) is 4.27. The molecule has 0 spiro atoms. The van der Waals surface area contributed by atoms with E-state index in [0.717, 1.165) is 5.39 Å². The van der Waals surface area contributed by atoms with Gasteiger partial charge in [-0.1, -0.05) is 47.2 Å². The van der Waals surface area contributed by atoms with Gasteiger partial charge in [-0.25, -0.2) is 4.98 Å². The average Bonchev–Trinajstić information content (AvgIpc) is 2.91. The molecule has 1 aromatic heterocycles. The number of halogens is 1. The molecular formula is C13H8ClN3O2S2. The van der Waals surface area contributed by atoms with Crippen molar-refractivity contribution >= 4 is 56.6 Å². The van der Waals surface area contributed by atoms with Crippen molar-refractivity contribution < 1.29 is 9.66 Å². The largest absolute Gasteiger partial charge is 0.505 e. The van der Waals surface area contributed by atoms with Gasteiger partial charge in [0.25, 0.3) is 0 Å². The van der Waals surface area contributed by atoms with E-state index in [2.05, 4.69) is 15.2 Å². The normalized spacial score (nSPS) is 11.5. The lowest BCUT2D eigenvalue weighted by atomic mass is 10.1. The number of aromatic hydroxyl groups is 1. The van der Waals surface area contributed by atoms with E-state index in [-0.39, 0.29) is 11.4 Å². The van der Waals surface area contributed by atoms with E-state index >= 15 is 0 Å². The smallest absolute Gasteiger partial charge is 0.231 e. The summed E-state index contributed by atoms with van der Waals surface area (Å²) in [5.74, 6) is -0.0314. The molecule has 0 amide bonds. The highest BCUT2D eigenvalue weighted by atomic mass is 35.5. The number of azo groups is 1. The van der Waals surface area contributed by atoms with Crippen LogP contribution in [-0.4, -0.2) is 14.6 Å². The minimum absolute atomic E-state index is 0.0314. The van der Waals surface area contributed by atoms with Crippen molar-refractivity contribution in [3.8, 4) is 5.75 Å². The van der Waals surface area contributed by atoms with Crippen LogP contribution in [0.5, 0.6) is 5.75 Å². The lowest BCUT2D eigenvalue weighted by Gasteiger charge is -2.07. The lowest BCUT2D eigenvalue weighted by molar-refractivity contribution is 0.481. The van der Waals surface area contributed by atoms with Crippen molar-refractivity contribution in [3.63, 3.8) is 0 Å². The summed E-state index contributed by atoms with van der Waals surface area (Å²) in [5.41, 5.74) is 0.201. The minimum Gasteiger partial charge on any atom is -0.505 e. The molecule has 0 aliphatic rings. The fourth-order valence-corrected chi connectivity index (χ4v) is 2.97. The van der Waals surface area contributed by atoms with Gasteiger partial charge in [-0.05, 0) is 11.5 Å². The zero-order valence-corrected chi connectivity index (χ0v) is 12.8. The number of fused-ring (bicyclic) bond motifs is 1. The first-order chi connectivity index (χ1) is 10.2. The van der Waals surface area contributed by atoms with E-state index in [1.165, 1.54) is 17.5 Å². The summed E-state index contributed by atoms with van der Waals surface area (Å²) >= 11 is 7.45. The molecule has 0 bridgehead atoms. The monoisotopic (exact) mass is 337 g/mol. The Balaban J connectivity index is 2.12. The maximum Gasteiger partial charge on any atom is 0.231 e. The highest BCUT2D eigenvalue weighted by Crippen LogP contribution is 2.42. The van der Waals surface area contributed by atoms with E-state index in [4.69, 9.17) is 11.6 Å². The Bertz CT molecular complexity index is 835. The predicted molar refractivity (Wildman–Crippen MR) is 85.4 cm³/mol. The van der Waals surface area contributed by atoms with E-state index in [9.17, 15) is 9.66 Å². The summed E-state index contributed by atoms with van der Waals surface area (Å²) in [6.45, 7) is 0. The number of aromatic nitrogens is 1. The van der Waals surface area contributed by atoms with Crippen LogP contribution < -0.4 is 0 Å². The Labute approximate surface area is 133 Å². The van der Waals surface area contributed by atoms with Crippen LogP contribution in [0, 0.1) is 0 Å². The number of thiazole rings is 1. The van der Waals surface area contributed by atoms with Gasteiger partial charge in [-0.3, -0.25) is 0 Å². The molecule has 0 saturated carbocycles. The van der Waals surface area contributed by atoms with Crippen LogP contribution in [0.2, 0.25) is 4.34 Å². The molecule has 2 N–H and O–H groups in total. The number of nitrogens with zero attached hydrogens (tertiary/aromatic N) is 3. The number of hydrogen-bond acceptors (Lipinski definition) is 7. The Morgan fingerprint density at radius 2 is 2.05 bits per heavy atom. The maximum atomic E-state index is 10.3. The van der Waals surface area contributed by atoms with Crippen molar-refractivity contribution in [1.29, 1.82) is 0 Å². The highest BCUT2D eigenvalue weighted by Gasteiger charge is 2.13. The Kier molecular flexibility index (Phi) is 4.07. The molecule has 8 heteroatoms. The van der Waals surface area contributed by atoms with Gasteiger partial charge in [0, 0.05) is 17.4 Å². The first-order valence-electron chi connectivity index (χ1n) is 5.78. The molecule has 2 aromatic carbocycles. The van der Waals surface area contributed by atoms with Crippen LogP contribution in [0.4, 0.5) is 10.8 Å². The molecule has 3 rings (SSSR count). The predicted octanol–water partition coefficient (Wildman–Crippen LogP) is 5.64. The topological polar surface area (TPSA) is 78.1 Å². The summed E-state index contributed by atoms with van der Waals surface area (Å²) in [4.78, 5) is 4.37. The van der Waals surface area contributed by atoms with Gasteiger partial charge in [0.15, 0.2) is 5.75 Å². The molecule has 0 aliphatic carbocycles. The zero-order chi connectivity index (χ0) is 14.8. The van der Waals surface area contributed by atoms with Crippen molar-refractivity contribution in [2.45, 2.75) is 4.90 Å². The molecule has 21 heavy (non-hydrogen) atoms. The number of benzene rings is 2. The molecule has 3 aromatic rings. The zero-order valence-electron chi connectivity index (χ0n) is 10.4. The first kappa shape index (κ1) is 14.3. The van der Waals surface area contributed by atoms with Crippen LogP contribution in [0.3, 0.4) is 0 Å². The molecule has 106 valence electrons. The van der Waals surface area contributed by atoms with E-state index < -0.39 is 0 Å². The SMILES string of the molecule is OSc1cc2ccccc2c(O)c1N=Nc1ncc(Cl)s1. The van der Waals surface area contributed by atoms with Gasteiger partial charge in [0.1, 0.15) is 10.0 Å². The molecule has 0 aliphatic heterocycles. The second kappa shape index (κ2) is 5.98. The molecule has 0 fully saturated rings. The molecule has 0 saturated heterocycles. The Morgan fingerprint density at radius 3 is 2.76 bits per heavy atom. The minimum atomic E-state index is -0.0314. The number of rotatable bonds is 3. The van der Waals surface area contributed by atoms with Gasteiger partial charge in [0.05, 0.1) is 11.1 Å². The summed E-state index contributed by atoms with van der Waals surface area (Å²) in [6, 6.07) is 9.02.